The second kappa shape index (κ2) is 8.27. The van der Waals surface area contributed by atoms with Gasteiger partial charge in [0, 0.05) is 11.6 Å². The van der Waals surface area contributed by atoms with Crippen LogP contribution in [0.1, 0.15) is 5.56 Å². The summed E-state index contributed by atoms with van der Waals surface area (Å²) >= 11 is 7.18. The molecule has 0 saturated carbocycles. The van der Waals surface area contributed by atoms with Crippen LogP contribution < -0.4 is 10.1 Å². The maximum atomic E-state index is 12.0. The molecule has 1 N–H and O–H groups in total. The lowest BCUT2D eigenvalue weighted by Crippen LogP contribution is -2.27. The SMILES string of the molecule is COc1ccccc1CCNC(=O)CSc1nc2cc(Cl)ccc2o1. The monoisotopic (exact) mass is 376 g/mol. The highest BCUT2D eigenvalue weighted by Crippen LogP contribution is 2.25. The van der Waals surface area contributed by atoms with Gasteiger partial charge in [-0.15, -0.1) is 0 Å². The second-order valence-electron chi connectivity index (χ2n) is 5.29. The molecule has 0 fully saturated rings. The van der Waals surface area contributed by atoms with Crippen LogP contribution in [-0.2, 0) is 11.2 Å². The number of hydrogen-bond donors (Lipinski definition) is 1. The number of benzene rings is 2. The quantitative estimate of drug-likeness (QED) is 0.633. The van der Waals surface area contributed by atoms with Crippen molar-refractivity contribution in [3.05, 3.63) is 53.1 Å². The summed E-state index contributed by atoms with van der Waals surface area (Å²) in [5.74, 6) is 1.00. The molecule has 3 rings (SSSR count). The van der Waals surface area contributed by atoms with Gasteiger partial charge in [-0.2, -0.15) is 0 Å². The molecule has 0 spiro atoms. The number of para-hydroxylation sites is 1. The molecule has 0 bridgehead atoms. The lowest BCUT2D eigenvalue weighted by molar-refractivity contribution is -0.118. The number of carbonyl (C=O) groups excluding carboxylic acids is 1. The van der Waals surface area contributed by atoms with Gasteiger partial charge in [-0.1, -0.05) is 41.6 Å². The molecule has 0 atom stereocenters. The van der Waals surface area contributed by atoms with Crippen molar-refractivity contribution >= 4 is 40.4 Å². The number of carbonyl (C=O) groups is 1. The molecule has 0 aliphatic carbocycles. The summed E-state index contributed by atoms with van der Waals surface area (Å²) in [7, 11) is 1.64. The van der Waals surface area contributed by atoms with Crippen LogP contribution >= 0.6 is 23.4 Å². The highest BCUT2D eigenvalue weighted by atomic mass is 35.5. The average molecular weight is 377 g/mol. The van der Waals surface area contributed by atoms with Crippen molar-refractivity contribution in [1.29, 1.82) is 0 Å². The van der Waals surface area contributed by atoms with Crippen molar-refractivity contribution < 1.29 is 13.9 Å². The Morgan fingerprint density at radius 1 is 1.32 bits per heavy atom. The number of aromatic nitrogens is 1. The minimum atomic E-state index is -0.0693. The first-order valence-electron chi connectivity index (χ1n) is 7.73. The number of oxazole rings is 1. The van der Waals surface area contributed by atoms with Crippen molar-refractivity contribution in [1.82, 2.24) is 10.3 Å². The topological polar surface area (TPSA) is 64.4 Å². The molecule has 7 heteroatoms. The summed E-state index contributed by atoms with van der Waals surface area (Å²) < 4.78 is 10.9. The van der Waals surface area contributed by atoms with E-state index in [9.17, 15) is 4.79 Å². The molecule has 3 aromatic rings. The van der Waals surface area contributed by atoms with Crippen LogP contribution in [0.25, 0.3) is 11.1 Å². The normalized spacial score (nSPS) is 10.8. The number of methoxy groups -OCH3 is 1. The van der Waals surface area contributed by atoms with Crippen LogP contribution in [0.3, 0.4) is 0 Å². The smallest absolute Gasteiger partial charge is 0.257 e. The maximum absolute atomic E-state index is 12.0. The summed E-state index contributed by atoms with van der Waals surface area (Å²) in [5.41, 5.74) is 2.41. The largest absolute Gasteiger partial charge is 0.496 e. The Kier molecular flexibility index (Phi) is 5.83. The van der Waals surface area contributed by atoms with Gasteiger partial charge in [0.05, 0.1) is 12.9 Å². The van der Waals surface area contributed by atoms with E-state index in [0.29, 0.717) is 34.3 Å². The third-order valence-electron chi connectivity index (χ3n) is 3.57. The number of halogens is 1. The van der Waals surface area contributed by atoms with E-state index in [0.717, 1.165) is 11.3 Å². The molecular weight excluding hydrogens is 360 g/mol. The lowest BCUT2D eigenvalue weighted by atomic mass is 10.1. The van der Waals surface area contributed by atoms with E-state index in [4.69, 9.17) is 20.8 Å². The molecule has 2 aromatic carbocycles. The van der Waals surface area contributed by atoms with Gasteiger partial charge in [0.25, 0.3) is 5.22 Å². The van der Waals surface area contributed by atoms with Crippen LogP contribution in [0.5, 0.6) is 5.75 Å². The van der Waals surface area contributed by atoms with E-state index >= 15 is 0 Å². The van der Waals surface area contributed by atoms with Crippen molar-refractivity contribution in [3.63, 3.8) is 0 Å². The van der Waals surface area contributed by atoms with Crippen molar-refractivity contribution in [2.45, 2.75) is 11.6 Å². The third kappa shape index (κ3) is 4.67. The molecular formula is C18H17ClN2O3S. The fourth-order valence-electron chi connectivity index (χ4n) is 2.37. The van der Waals surface area contributed by atoms with E-state index in [1.807, 2.05) is 24.3 Å². The van der Waals surface area contributed by atoms with Crippen LogP contribution in [0.4, 0.5) is 0 Å². The molecule has 5 nitrogen and oxygen atoms in total. The summed E-state index contributed by atoms with van der Waals surface area (Å²) in [6, 6.07) is 13.0. The molecule has 130 valence electrons. The average Bonchev–Trinajstić information content (AvgIpc) is 3.02. The van der Waals surface area contributed by atoms with Gasteiger partial charge in [-0.3, -0.25) is 4.79 Å². The molecule has 0 saturated heterocycles. The Morgan fingerprint density at radius 3 is 3.00 bits per heavy atom. The van der Waals surface area contributed by atoms with Crippen LogP contribution in [0.15, 0.2) is 52.1 Å². The third-order valence-corrected chi connectivity index (χ3v) is 4.63. The molecule has 1 amide bonds. The van der Waals surface area contributed by atoms with Crippen LogP contribution in [0.2, 0.25) is 5.02 Å². The molecule has 0 aliphatic rings. The van der Waals surface area contributed by atoms with Gasteiger partial charge in [-0.25, -0.2) is 4.98 Å². The molecule has 0 aliphatic heterocycles. The number of ether oxygens (including phenoxy) is 1. The van der Waals surface area contributed by atoms with Crippen molar-refractivity contribution in [2.24, 2.45) is 0 Å². The molecule has 25 heavy (non-hydrogen) atoms. The number of rotatable bonds is 7. The molecule has 1 aromatic heterocycles. The van der Waals surface area contributed by atoms with Crippen molar-refractivity contribution in [2.75, 3.05) is 19.4 Å². The highest BCUT2D eigenvalue weighted by Gasteiger charge is 2.10. The summed E-state index contributed by atoms with van der Waals surface area (Å²) in [5, 5.41) is 3.95. The first kappa shape index (κ1) is 17.6. The van der Waals surface area contributed by atoms with E-state index in [2.05, 4.69) is 10.3 Å². The highest BCUT2D eigenvalue weighted by molar-refractivity contribution is 7.99. The minimum Gasteiger partial charge on any atom is -0.496 e. The minimum absolute atomic E-state index is 0.0693. The summed E-state index contributed by atoms with van der Waals surface area (Å²) in [6.07, 6.45) is 0.710. The zero-order chi connectivity index (χ0) is 17.6. The maximum Gasteiger partial charge on any atom is 0.257 e. The predicted molar refractivity (Wildman–Crippen MR) is 99.5 cm³/mol. The first-order chi connectivity index (χ1) is 12.2. The van der Waals surface area contributed by atoms with E-state index in [1.54, 1.807) is 25.3 Å². The Hall–Kier alpha value is -2.18. The number of thioether (sulfide) groups is 1. The molecule has 1 heterocycles. The fourth-order valence-corrected chi connectivity index (χ4v) is 3.20. The van der Waals surface area contributed by atoms with Gasteiger partial charge < -0.3 is 14.5 Å². The number of hydrogen-bond acceptors (Lipinski definition) is 5. The Bertz CT molecular complexity index is 882. The fraction of sp³-hybridized carbons (Fsp3) is 0.222. The van der Waals surface area contributed by atoms with Gasteiger partial charge in [0.1, 0.15) is 11.3 Å². The predicted octanol–water partition coefficient (Wildman–Crippen LogP) is 3.94. The summed E-state index contributed by atoms with van der Waals surface area (Å²) in [6.45, 7) is 0.545. The Morgan fingerprint density at radius 2 is 2.16 bits per heavy atom. The number of amides is 1. The Balaban J connectivity index is 1.47. The van der Waals surface area contributed by atoms with Crippen LogP contribution in [-0.4, -0.2) is 30.3 Å². The van der Waals surface area contributed by atoms with E-state index in [-0.39, 0.29) is 11.7 Å². The molecule has 0 unspecified atom stereocenters. The van der Waals surface area contributed by atoms with E-state index < -0.39 is 0 Å². The number of nitrogens with zero attached hydrogens (tertiary/aromatic N) is 1. The molecule has 0 radical (unpaired) electrons. The van der Waals surface area contributed by atoms with Crippen LogP contribution in [0, 0.1) is 0 Å². The van der Waals surface area contributed by atoms with Gasteiger partial charge >= 0.3 is 0 Å². The zero-order valence-electron chi connectivity index (χ0n) is 13.6. The second-order valence-corrected chi connectivity index (χ2v) is 6.66. The van der Waals surface area contributed by atoms with Gasteiger partial charge in [0.2, 0.25) is 5.91 Å². The number of nitrogens with one attached hydrogen (secondary N) is 1. The van der Waals surface area contributed by atoms with Crippen molar-refractivity contribution in [3.8, 4) is 5.75 Å². The zero-order valence-corrected chi connectivity index (χ0v) is 15.2. The first-order valence-corrected chi connectivity index (χ1v) is 9.09. The standard InChI is InChI=1S/C18H17ClN2O3S/c1-23-15-5-3-2-4-12(15)8-9-20-17(22)11-25-18-21-14-10-13(19)6-7-16(14)24-18/h2-7,10H,8-9,11H2,1H3,(H,20,22). The van der Waals surface area contributed by atoms with Gasteiger partial charge in [0.15, 0.2) is 5.58 Å². The van der Waals surface area contributed by atoms with E-state index in [1.165, 1.54) is 11.8 Å². The van der Waals surface area contributed by atoms with Gasteiger partial charge in [-0.05, 0) is 36.2 Å². The lowest BCUT2D eigenvalue weighted by Gasteiger charge is -2.08. The number of fused-ring (bicyclic) bond motifs is 1. The Labute approximate surface area is 154 Å². The summed E-state index contributed by atoms with van der Waals surface area (Å²) in [4.78, 5) is 16.3.